The van der Waals surface area contributed by atoms with Crippen LogP contribution in [0.1, 0.15) is 37.1 Å². The minimum Gasteiger partial charge on any atom is -0.480 e. The molecule has 4 aromatic rings. The number of hydrogen-bond donors (Lipinski definition) is 4. The molecule has 2 amide bonds. The maximum absolute atomic E-state index is 11.5. The molecule has 0 aliphatic carbocycles. The third kappa shape index (κ3) is 7.59. The van der Waals surface area contributed by atoms with E-state index in [-0.39, 0.29) is 23.9 Å². The van der Waals surface area contributed by atoms with Crippen molar-refractivity contribution in [2.75, 3.05) is 27.3 Å². The summed E-state index contributed by atoms with van der Waals surface area (Å²) >= 11 is 10.9. The Labute approximate surface area is 291 Å². The molecule has 2 atom stereocenters. The van der Waals surface area contributed by atoms with Crippen molar-refractivity contribution < 1.29 is 19.1 Å². The molecule has 0 unspecified atom stereocenters. The number of ether oxygens (including phenoxy) is 2. The first-order valence-corrected chi connectivity index (χ1v) is 16.9. The van der Waals surface area contributed by atoms with Crippen LogP contribution in [0.25, 0.3) is 33.6 Å². The van der Waals surface area contributed by atoms with Gasteiger partial charge in [-0.1, -0.05) is 48.0 Å². The van der Waals surface area contributed by atoms with E-state index in [1.54, 1.807) is 26.6 Å². The molecule has 2 fully saturated rings. The number of rotatable bonds is 13. The number of methoxy groups -OCH3 is 2. The Balaban J connectivity index is 1.20. The van der Waals surface area contributed by atoms with Gasteiger partial charge in [-0.15, -0.1) is 0 Å². The Kier molecular flexibility index (Phi) is 10.8. The smallest absolute Gasteiger partial charge is 0.237 e. The van der Waals surface area contributed by atoms with Gasteiger partial charge in [-0.05, 0) is 34.3 Å². The highest BCUT2D eigenvalue weighted by Gasteiger charge is 2.23. The first-order valence-electron chi connectivity index (χ1n) is 15.7. The number of aromatic nitrogens is 4. The maximum atomic E-state index is 11.5. The van der Waals surface area contributed by atoms with Gasteiger partial charge in [0.2, 0.25) is 23.6 Å². The predicted octanol–water partition coefficient (Wildman–Crippen LogP) is 4.44. The summed E-state index contributed by atoms with van der Waals surface area (Å²) in [4.78, 5) is 41.8. The summed E-state index contributed by atoms with van der Waals surface area (Å²) in [5.74, 6) is 0.993. The second-order valence-electron chi connectivity index (χ2n) is 11.6. The van der Waals surface area contributed by atoms with Gasteiger partial charge in [0.05, 0.1) is 43.0 Å². The fraction of sp³-hybridized carbons (Fsp3) is 0.353. The molecule has 2 aromatic carbocycles. The molecule has 0 bridgehead atoms. The van der Waals surface area contributed by atoms with Crippen molar-refractivity contribution in [2.45, 2.75) is 50.9 Å². The molecule has 4 N–H and O–H groups in total. The highest BCUT2D eigenvalue weighted by Crippen LogP contribution is 2.42. The molecule has 2 aromatic heterocycles. The van der Waals surface area contributed by atoms with Crippen molar-refractivity contribution in [3.63, 3.8) is 0 Å². The number of hydrogen-bond acceptors (Lipinski definition) is 10. The maximum Gasteiger partial charge on any atom is 0.237 e. The summed E-state index contributed by atoms with van der Waals surface area (Å²) in [5, 5.41) is 13.1. The van der Waals surface area contributed by atoms with E-state index >= 15 is 0 Å². The van der Waals surface area contributed by atoms with Crippen molar-refractivity contribution in [3.8, 4) is 45.4 Å². The highest BCUT2D eigenvalue weighted by molar-refractivity contribution is 9.10. The molecule has 250 valence electrons. The Bertz CT molecular complexity index is 1700. The molecule has 0 spiro atoms. The van der Waals surface area contributed by atoms with E-state index in [4.69, 9.17) is 31.0 Å². The van der Waals surface area contributed by atoms with Crippen LogP contribution in [0.4, 0.5) is 0 Å². The van der Waals surface area contributed by atoms with Gasteiger partial charge in [0.15, 0.2) is 0 Å². The number of carbonyl (C=O) groups is 2. The van der Waals surface area contributed by atoms with Crippen molar-refractivity contribution >= 4 is 39.3 Å². The molecule has 2 saturated heterocycles. The Morgan fingerprint density at radius 2 is 1.25 bits per heavy atom. The SMILES string of the molecule is COc1nc(-c2cccc(-c3cccc(-c4cnc(CNC[C@H]5CCC(=O)N5)c(OC)n4)c3Br)c2Cl)cnc1CNC[C@H]1CCC(=O)N1. The third-order valence-corrected chi connectivity index (χ3v) is 9.65. The normalized spacial score (nSPS) is 17.3. The van der Waals surface area contributed by atoms with Crippen molar-refractivity contribution in [3.05, 3.63) is 69.7 Å². The molecule has 12 nitrogen and oxygen atoms in total. The van der Waals surface area contributed by atoms with Crippen LogP contribution < -0.4 is 30.7 Å². The van der Waals surface area contributed by atoms with Crippen LogP contribution in [0.15, 0.2) is 53.3 Å². The molecule has 0 saturated carbocycles. The van der Waals surface area contributed by atoms with E-state index in [1.807, 2.05) is 36.4 Å². The Morgan fingerprint density at radius 3 is 1.75 bits per heavy atom. The summed E-state index contributed by atoms with van der Waals surface area (Å²) in [6, 6.07) is 11.9. The third-order valence-electron chi connectivity index (χ3n) is 8.39. The highest BCUT2D eigenvalue weighted by atomic mass is 79.9. The lowest BCUT2D eigenvalue weighted by Crippen LogP contribution is -2.35. The second-order valence-corrected chi connectivity index (χ2v) is 12.8. The van der Waals surface area contributed by atoms with Gasteiger partial charge in [0, 0.05) is 72.3 Å². The molecular formula is C34H36BrClN8O4. The topological polar surface area (TPSA) is 152 Å². The van der Waals surface area contributed by atoms with Crippen LogP contribution in [0, 0.1) is 0 Å². The number of halogens is 2. The van der Waals surface area contributed by atoms with Gasteiger partial charge in [-0.3, -0.25) is 19.6 Å². The molecule has 2 aliphatic heterocycles. The number of carbonyl (C=O) groups excluding carboxylic acids is 2. The zero-order valence-electron chi connectivity index (χ0n) is 26.6. The molecular weight excluding hydrogens is 700 g/mol. The van der Waals surface area contributed by atoms with Crippen LogP contribution in [0.5, 0.6) is 11.8 Å². The molecule has 2 aliphatic rings. The molecule has 48 heavy (non-hydrogen) atoms. The lowest BCUT2D eigenvalue weighted by atomic mass is 9.99. The average Bonchev–Trinajstić information content (AvgIpc) is 3.72. The summed E-state index contributed by atoms with van der Waals surface area (Å²) in [6.45, 7) is 2.19. The van der Waals surface area contributed by atoms with E-state index in [9.17, 15) is 9.59 Å². The largest absolute Gasteiger partial charge is 0.480 e. The van der Waals surface area contributed by atoms with Crippen LogP contribution >= 0.6 is 27.5 Å². The average molecular weight is 736 g/mol. The summed E-state index contributed by atoms with van der Waals surface area (Å²) in [7, 11) is 3.14. The van der Waals surface area contributed by atoms with Crippen molar-refractivity contribution in [1.82, 2.24) is 41.2 Å². The van der Waals surface area contributed by atoms with E-state index in [1.165, 1.54) is 0 Å². The fourth-order valence-electron chi connectivity index (χ4n) is 5.89. The Hall–Kier alpha value is -4.17. The van der Waals surface area contributed by atoms with Gasteiger partial charge in [0.25, 0.3) is 0 Å². The van der Waals surface area contributed by atoms with Gasteiger partial charge < -0.3 is 30.7 Å². The Morgan fingerprint density at radius 1 is 0.771 bits per heavy atom. The number of benzene rings is 2. The zero-order chi connectivity index (χ0) is 33.6. The van der Waals surface area contributed by atoms with Crippen LogP contribution in [-0.2, 0) is 22.7 Å². The zero-order valence-corrected chi connectivity index (χ0v) is 29.0. The van der Waals surface area contributed by atoms with E-state index in [2.05, 4.69) is 47.2 Å². The molecule has 14 heteroatoms. The fourth-order valence-corrected chi connectivity index (χ4v) is 6.89. The standard InChI is InChI=1S/C34H36BrClN8O4/c1-47-33-27(15-37-13-19-9-11-29(45)41-19)39-17-25(43-33)23-7-3-5-21(31(23)35)22-6-4-8-24(32(22)36)26-18-40-28(34(44-26)48-2)16-38-14-20-10-12-30(46)42-20/h3-8,17-20,37-38H,9-16H2,1-2H3,(H,41,45)(H,42,46)/t19-,20-/m1/s1. The molecule has 0 radical (unpaired) electrons. The summed E-state index contributed by atoms with van der Waals surface area (Å²) in [6.07, 6.45) is 6.17. The van der Waals surface area contributed by atoms with Gasteiger partial charge >= 0.3 is 0 Å². The first-order chi connectivity index (χ1) is 23.3. The van der Waals surface area contributed by atoms with Gasteiger partial charge in [-0.2, -0.15) is 0 Å². The monoisotopic (exact) mass is 734 g/mol. The van der Waals surface area contributed by atoms with E-state index < -0.39 is 0 Å². The van der Waals surface area contributed by atoms with E-state index in [0.717, 1.165) is 34.0 Å². The predicted molar refractivity (Wildman–Crippen MR) is 185 cm³/mol. The van der Waals surface area contributed by atoms with Crippen molar-refractivity contribution in [1.29, 1.82) is 0 Å². The summed E-state index contributed by atoms with van der Waals surface area (Å²) in [5.41, 5.74) is 5.74. The molecule has 4 heterocycles. The lowest BCUT2D eigenvalue weighted by molar-refractivity contribution is -0.120. The number of amides is 2. The van der Waals surface area contributed by atoms with Crippen LogP contribution in [0.3, 0.4) is 0 Å². The minimum absolute atomic E-state index is 0.0852. The van der Waals surface area contributed by atoms with Gasteiger partial charge in [-0.25, -0.2) is 9.97 Å². The number of nitrogens with zero attached hydrogens (tertiary/aromatic N) is 4. The first kappa shape index (κ1) is 33.7. The molecule has 6 rings (SSSR count). The quantitative estimate of drug-likeness (QED) is 0.155. The number of nitrogens with one attached hydrogen (secondary N) is 4. The van der Waals surface area contributed by atoms with Crippen molar-refractivity contribution in [2.24, 2.45) is 0 Å². The van der Waals surface area contributed by atoms with Crippen LogP contribution in [-0.4, -0.2) is 71.1 Å². The summed E-state index contributed by atoms with van der Waals surface area (Å²) < 4.78 is 12.0. The van der Waals surface area contributed by atoms with Gasteiger partial charge in [0.1, 0.15) is 11.4 Å². The second kappa shape index (κ2) is 15.4. The minimum atomic E-state index is 0.0852. The lowest BCUT2D eigenvalue weighted by Gasteiger charge is -2.16. The van der Waals surface area contributed by atoms with E-state index in [0.29, 0.717) is 84.1 Å². The van der Waals surface area contributed by atoms with Crippen LogP contribution in [0.2, 0.25) is 5.02 Å².